The van der Waals surface area contributed by atoms with E-state index in [0.717, 1.165) is 61.2 Å². The number of aliphatic imine (C=N–C) groups is 1. The molecule has 11 heteroatoms. The van der Waals surface area contributed by atoms with Crippen LogP contribution in [0.2, 0.25) is 0 Å². The summed E-state index contributed by atoms with van der Waals surface area (Å²) >= 11 is 0. The number of pyridine rings is 2. The minimum atomic E-state index is -0.346. The number of nitrogens with zero attached hydrogens (tertiary/aromatic N) is 5. The van der Waals surface area contributed by atoms with Crippen LogP contribution >= 0.6 is 0 Å². The Kier molecular flexibility index (Phi) is 7.55. The number of anilines is 1. The first-order valence-corrected chi connectivity index (χ1v) is 14.2. The number of benzene rings is 1. The van der Waals surface area contributed by atoms with E-state index in [0.29, 0.717) is 59.8 Å². The average molecular weight is 560 g/mol. The Balaban J connectivity index is 1.25. The number of quaternary nitrogens is 1. The van der Waals surface area contributed by atoms with Crippen molar-refractivity contribution in [2.45, 2.75) is 32.2 Å². The van der Waals surface area contributed by atoms with Gasteiger partial charge in [-0.1, -0.05) is 0 Å². The maximum Gasteiger partial charge on any atom is 0.278 e. The average Bonchev–Trinajstić information content (AvgIpc) is 3.14. The molecule has 1 aromatic carbocycles. The summed E-state index contributed by atoms with van der Waals surface area (Å²) in [4.78, 5) is 30.3. The van der Waals surface area contributed by atoms with Crippen molar-refractivity contribution in [1.29, 1.82) is 0 Å². The van der Waals surface area contributed by atoms with Crippen LogP contribution in [0.4, 0.5) is 15.9 Å². The minimum absolute atomic E-state index is 0.165. The van der Waals surface area contributed by atoms with Crippen LogP contribution in [0.25, 0.3) is 21.9 Å². The van der Waals surface area contributed by atoms with Gasteiger partial charge in [0, 0.05) is 61.0 Å². The Morgan fingerprint density at radius 2 is 2.00 bits per heavy atom. The summed E-state index contributed by atoms with van der Waals surface area (Å²) in [6.45, 7) is 6.22. The standard InChI is InChI=1S/C30H35FN8O2/c1-18-24(16-36-30-29(18)38(2)9-10-41-30)23-11-19-13-27(35-15-20(19)12-25(23)31)37-26(32)14-21-5-8-39(28(40)17-34-21)22-3-6-33-7-4-22/h11-16,22,33-34H,3-10,17H2,1-2H3,(H2,32,35,37)/p+1/b21-14-. The van der Waals surface area contributed by atoms with Crippen LogP contribution in [0.1, 0.15) is 24.8 Å². The molecule has 0 bridgehead atoms. The fraction of sp³-hybridized carbons (Fsp3) is 0.400. The van der Waals surface area contributed by atoms with Crippen LogP contribution in [0, 0.1) is 12.7 Å². The number of halogens is 1. The van der Waals surface area contributed by atoms with Crippen LogP contribution in [0.5, 0.6) is 5.88 Å². The summed E-state index contributed by atoms with van der Waals surface area (Å²) in [6.07, 6.45) is 7.80. The van der Waals surface area contributed by atoms with E-state index in [2.05, 4.69) is 25.2 Å². The second-order valence-electron chi connectivity index (χ2n) is 10.9. The van der Waals surface area contributed by atoms with Crippen molar-refractivity contribution < 1.29 is 19.2 Å². The fourth-order valence-corrected chi connectivity index (χ4v) is 6.01. The maximum absolute atomic E-state index is 15.3. The van der Waals surface area contributed by atoms with E-state index in [1.165, 1.54) is 6.07 Å². The summed E-state index contributed by atoms with van der Waals surface area (Å²) in [6, 6.07) is 5.40. The second-order valence-corrected chi connectivity index (χ2v) is 10.9. The van der Waals surface area contributed by atoms with Gasteiger partial charge in [-0.2, -0.15) is 0 Å². The third kappa shape index (κ3) is 5.59. The number of amidine groups is 1. The first-order chi connectivity index (χ1) is 19.9. The molecule has 5 heterocycles. The van der Waals surface area contributed by atoms with Gasteiger partial charge in [-0.05, 0) is 62.0 Å². The quantitative estimate of drug-likeness (QED) is 0.330. The maximum atomic E-state index is 15.3. The smallest absolute Gasteiger partial charge is 0.278 e. The van der Waals surface area contributed by atoms with Gasteiger partial charge in [-0.3, -0.25) is 4.79 Å². The number of rotatable bonds is 4. The number of nitrogens with two attached hydrogens (primary N) is 2. The highest BCUT2D eigenvalue weighted by Gasteiger charge is 2.29. The number of nitrogens with one attached hydrogen (secondary N) is 1. The molecule has 0 radical (unpaired) electrons. The highest BCUT2D eigenvalue weighted by atomic mass is 19.1. The molecule has 214 valence electrons. The molecule has 3 aliphatic rings. The number of fused-ring (bicyclic) bond motifs is 2. The van der Waals surface area contributed by atoms with Gasteiger partial charge in [0.05, 0.1) is 6.54 Å². The Morgan fingerprint density at radius 3 is 2.83 bits per heavy atom. The van der Waals surface area contributed by atoms with E-state index in [1.807, 2.05) is 30.3 Å². The number of hydrogen-bond donors (Lipinski definition) is 3. The molecule has 0 unspecified atom stereocenters. The number of ether oxygens (including phenoxy) is 1. The van der Waals surface area contributed by atoms with Crippen LogP contribution < -0.4 is 26.0 Å². The highest BCUT2D eigenvalue weighted by molar-refractivity contribution is 5.95. The molecule has 2 aromatic heterocycles. The molecule has 0 aliphatic carbocycles. The number of piperidine rings is 1. The minimum Gasteiger partial charge on any atom is -0.474 e. The zero-order valence-corrected chi connectivity index (χ0v) is 23.5. The summed E-state index contributed by atoms with van der Waals surface area (Å²) in [7, 11) is 1.99. The van der Waals surface area contributed by atoms with Crippen molar-refractivity contribution in [2.24, 2.45) is 10.7 Å². The summed E-state index contributed by atoms with van der Waals surface area (Å²) in [5, 5.41) is 6.77. The van der Waals surface area contributed by atoms with Gasteiger partial charge in [-0.15, -0.1) is 0 Å². The number of likely N-dealkylation sites (N-methyl/N-ethyl adjacent to an activating group) is 1. The lowest BCUT2D eigenvalue weighted by atomic mass is 9.98. The second kappa shape index (κ2) is 11.4. The molecular weight excluding hydrogens is 523 g/mol. The van der Waals surface area contributed by atoms with E-state index in [-0.39, 0.29) is 11.7 Å². The van der Waals surface area contributed by atoms with Gasteiger partial charge in [-0.25, -0.2) is 19.4 Å². The van der Waals surface area contributed by atoms with Gasteiger partial charge < -0.3 is 30.9 Å². The molecule has 0 atom stereocenters. The number of amides is 1. The van der Waals surface area contributed by atoms with Crippen molar-refractivity contribution >= 4 is 34.0 Å². The normalized spacial score (nSPS) is 19.8. The number of carbonyl (C=O) groups excluding carboxylic acids is 1. The topological polar surface area (TPSA) is 126 Å². The van der Waals surface area contributed by atoms with Crippen molar-refractivity contribution in [3.63, 3.8) is 0 Å². The number of hydrogen-bond acceptors (Lipinski definition) is 7. The zero-order valence-electron chi connectivity index (χ0n) is 23.5. The lowest BCUT2D eigenvalue weighted by molar-refractivity contribution is -0.595. The lowest BCUT2D eigenvalue weighted by Crippen LogP contribution is -2.83. The van der Waals surface area contributed by atoms with Gasteiger partial charge in [0.25, 0.3) is 5.91 Å². The molecule has 3 aromatic rings. The first-order valence-electron chi connectivity index (χ1n) is 14.2. The number of aromatic nitrogens is 2. The van der Waals surface area contributed by atoms with Crippen LogP contribution in [0.3, 0.4) is 0 Å². The van der Waals surface area contributed by atoms with E-state index in [4.69, 9.17) is 10.5 Å². The molecule has 2 saturated heterocycles. The summed E-state index contributed by atoms with van der Waals surface area (Å²) in [5.41, 5.74) is 10.3. The van der Waals surface area contributed by atoms with Gasteiger partial charge in [0.15, 0.2) is 12.4 Å². The lowest BCUT2D eigenvalue weighted by Gasteiger charge is -2.33. The molecule has 41 heavy (non-hydrogen) atoms. The third-order valence-corrected chi connectivity index (χ3v) is 8.23. The van der Waals surface area contributed by atoms with E-state index >= 15 is 4.39 Å². The van der Waals surface area contributed by atoms with E-state index in [1.54, 1.807) is 24.5 Å². The molecule has 5 N–H and O–H groups in total. The summed E-state index contributed by atoms with van der Waals surface area (Å²) < 4.78 is 21.0. The predicted molar refractivity (Wildman–Crippen MR) is 157 cm³/mol. The Bertz CT molecular complexity index is 1550. The Morgan fingerprint density at radius 1 is 1.17 bits per heavy atom. The molecular formula is C30H36FN8O2+. The number of carbonyl (C=O) groups is 1. The van der Waals surface area contributed by atoms with Gasteiger partial charge in [0.2, 0.25) is 5.88 Å². The molecule has 6 rings (SSSR count). The van der Waals surface area contributed by atoms with Gasteiger partial charge >= 0.3 is 0 Å². The Hall–Kier alpha value is -4.09. The van der Waals surface area contributed by atoms with Crippen molar-refractivity contribution in [1.82, 2.24) is 20.2 Å². The molecule has 1 amide bonds. The van der Waals surface area contributed by atoms with Crippen LogP contribution in [0.15, 0.2) is 47.4 Å². The molecule has 10 nitrogen and oxygen atoms in total. The predicted octanol–water partition coefficient (Wildman–Crippen LogP) is 1.99. The van der Waals surface area contributed by atoms with E-state index < -0.39 is 0 Å². The molecule has 0 spiro atoms. The van der Waals surface area contributed by atoms with Crippen LogP contribution in [-0.2, 0) is 4.79 Å². The van der Waals surface area contributed by atoms with E-state index in [9.17, 15) is 4.79 Å². The van der Waals surface area contributed by atoms with Crippen molar-refractivity contribution in [2.75, 3.05) is 51.3 Å². The molecule has 0 saturated carbocycles. The highest BCUT2D eigenvalue weighted by Crippen LogP contribution is 2.39. The van der Waals surface area contributed by atoms with Crippen molar-refractivity contribution in [3.05, 3.63) is 53.7 Å². The molecule has 3 aliphatic heterocycles. The zero-order chi connectivity index (χ0) is 28.5. The first kappa shape index (κ1) is 27.1. The van der Waals surface area contributed by atoms with Gasteiger partial charge in [0.1, 0.15) is 29.6 Å². The van der Waals surface area contributed by atoms with Crippen LogP contribution in [-0.4, -0.2) is 79.0 Å². The summed E-state index contributed by atoms with van der Waals surface area (Å²) in [5.74, 6) is 1.13. The monoisotopic (exact) mass is 559 g/mol. The third-order valence-electron chi connectivity index (χ3n) is 8.23. The van der Waals surface area contributed by atoms with Crippen molar-refractivity contribution in [3.8, 4) is 17.0 Å². The molecule has 2 fully saturated rings. The fourth-order valence-electron chi connectivity index (χ4n) is 6.01. The largest absolute Gasteiger partial charge is 0.474 e. The Labute approximate surface area is 238 Å². The SMILES string of the molecule is Cc1c(-c2cc3cc(/N=C(N)/C=C4/CCN(C5CCNCC5)C(=O)C[NH2+]4)ncc3cc2F)cnc2c1N(C)CCO2.